The molecule has 1 saturated heterocycles. The fourth-order valence-electron chi connectivity index (χ4n) is 1.93. The minimum absolute atomic E-state index is 0.272. The lowest BCUT2D eigenvalue weighted by atomic mass is 10.1. The van der Waals surface area contributed by atoms with E-state index in [2.05, 4.69) is 15.6 Å². The number of pyridine rings is 1. The molecule has 1 aliphatic rings. The van der Waals surface area contributed by atoms with Gasteiger partial charge in [-0.3, -0.25) is 19.7 Å². The topological polar surface area (TPSA) is 88.2 Å². The second-order valence-corrected chi connectivity index (χ2v) is 5.66. The van der Waals surface area contributed by atoms with Crippen molar-refractivity contribution < 1.29 is 14.4 Å². The lowest BCUT2D eigenvalue weighted by molar-refractivity contribution is -0.115. The van der Waals surface area contributed by atoms with Gasteiger partial charge >= 0.3 is 0 Å². The smallest absolute Gasteiger partial charge is 0.290 e. The zero-order valence-corrected chi connectivity index (χ0v) is 12.6. The van der Waals surface area contributed by atoms with E-state index < -0.39 is 5.91 Å². The second kappa shape index (κ2) is 6.45. The number of carbonyl (C=O) groups is 3. The molecule has 23 heavy (non-hydrogen) atoms. The fraction of sp³-hybridized carbons (Fsp3) is 0. The van der Waals surface area contributed by atoms with Crippen molar-refractivity contribution in [2.45, 2.75) is 0 Å². The summed E-state index contributed by atoms with van der Waals surface area (Å²) in [7, 11) is 0. The Balaban J connectivity index is 1.72. The van der Waals surface area contributed by atoms with E-state index in [9.17, 15) is 14.4 Å². The highest BCUT2D eigenvalue weighted by Gasteiger charge is 2.24. The molecule has 2 aromatic rings. The Hall–Kier alpha value is -2.93. The minimum Gasteiger partial charge on any atom is -0.307 e. The third kappa shape index (κ3) is 3.64. The molecule has 1 aliphatic heterocycles. The molecule has 6 nitrogen and oxygen atoms in total. The molecule has 2 N–H and O–H groups in total. The van der Waals surface area contributed by atoms with Gasteiger partial charge in [0.1, 0.15) is 5.82 Å². The first-order chi connectivity index (χ1) is 11.1. The first kappa shape index (κ1) is 15.0. The van der Waals surface area contributed by atoms with Gasteiger partial charge in [0, 0.05) is 11.8 Å². The van der Waals surface area contributed by atoms with E-state index in [1.807, 2.05) is 0 Å². The summed E-state index contributed by atoms with van der Waals surface area (Å²) in [6, 6.07) is 11.9. The highest BCUT2D eigenvalue weighted by Crippen LogP contribution is 2.25. The molecule has 1 fully saturated rings. The van der Waals surface area contributed by atoms with Crippen molar-refractivity contribution in [2.24, 2.45) is 0 Å². The molecule has 0 bridgehead atoms. The van der Waals surface area contributed by atoms with Crippen molar-refractivity contribution in [3.05, 3.63) is 64.7 Å². The first-order valence-corrected chi connectivity index (χ1v) is 7.51. The van der Waals surface area contributed by atoms with Crippen LogP contribution in [-0.2, 0) is 4.79 Å². The molecular formula is C16H11N3O3S. The summed E-state index contributed by atoms with van der Waals surface area (Å²) in [6.07, 6.45) is 3.20. The number of rotatable bonds is 3. The van der Waals surface area contributed by atoms with E-state index in [0.29, 0.717) is 16.3 Å². The van der Waals surface area contributed by atoms with Crippen molar-refractivity contribution in [1.82, 2.24) is 10.3 Å². The van der Waals surface area contributed by atoms with Crippen molar-refractivity contribution in [1.29, 1.82) is 0 Å². The number of anilines is 1. The highest BCUT2D eigenvalue weighted by atomic mass is 32.2. The molecule has 0 radical (unpaired) electrons. The Morgan fingerprint density at radius 3 is 2.52 bits per heavy atom. The largest absolute Gasteiger partial charge is 0.307 e. The monoisotopic (exact) mass is 325 g/mol. The molecule has 3 amide bonds. The number of thioether (sulfide) groups is 1. The van der Waals surface area contributed by atoms with Crippen LogP contribution in [0.15, 0.2) is 53.6 Å². The van der Waals surface area contributed by atoms with Gasteiger partial charge in [-0.15, -0.1) is 0 Å². The van der Waals surface area contributed by atoms with Gasteiger partial charge in [-0.2, -0.15) is 0 Å². The van der Waals surface area contributed by atoms with Gasteiger partial charge in [0.05, 0.1) is 4.91 Å². The van der Waals surface area contributed by atoms with Crippen molar-refractivity contribution in [2.75, 3.05) is 5.32 Å². The summed E-state index contributed by atoms with van der Waals surface area (Å²) in [4.78, 5) is 39.0. The van der Waals surface area contributed by atoms with Crippen molar-refractivity contribution in [3.8, 4) is 0 Å². The molecule has 2 heterocycles. The number of nitrogens with zero attached hydrogens (tertiary/aromatic N) is 1. The maximum atomic E-state index is 12.1. The number of amides is 3. The molecule has 1 aromatic carbocycles. The lowest BCUT2D eigenvalue weighted by Crippen LogP contribution is -2.17. The average molecular weight is 325 g/mol. The molecule has 0 unspecified atom stereocenters. The quantitative estimate of drug-likeness (QED) is 0.847. The molecule has 0 aliphatic carbocycles. The number of benzene rings is 1. The van der Waals surface area contributed by atoms with E-state index in [0.717, 1.165) is 17.3 Å². The van der Waals surface area contributed by atoms with Crippen LogP contribution in [0.4, 0.5) is 10.6 Å². The van der Waals surface area contributed by atoms with Crippen LogP contribution in [-0.4, -0.2) is 22.0 Å². The van der Waals surface area contributed by atoms with Gasteiger partial charge in [-0.05, 0) is 47.7 Å². The van der Waals surface area contributed by atoms with Crippen LogP contribution in [0.2, 0.25) is 0 Å². The number of hydrogen-bond donors (Lipinski definition) is 2. The Kier molecular flexibility index (Phi) is 4.20. The second-order valence-electron chi connectivity index (χ2n) is 4.64. The van der Waals surface area contributed by atoms with Gasteiger partial charge in [0.2, 0.25) is 0 Å². The summed E-state index contributed by atoms with van der Waals surface area (Å²) < 4.78 is 0. The predicted octanol–water partition coefficient (Wildman–Crippen LogP) is 2.66. The van der Waals surface area contributed by atoms with Crippen LogP contribution >= 0.6 is 11.8 Å². The molecule has 0 saturated carbocycles. The van der Waals surface area contributed by atoms with Crippen LogP contribution in [0.1, 0.15) is 15.9 Å². The predicted molar refractivity (Wildman–Crippen MR) is 87.7 cm³/mol. The Morgan fingerprint density at radius 1 is 1.13 bits per heavy atom. The summed E-state index contributed by atoms with van der Waals surface area (Å²) in [5.41, 5.74) is 1.20. The molecule has 3 rings (SSSR count). The van der Waals surface area contributed by atoms with E-state index in [-0.39, 0.29) is 11.1 Å². The van der Waals surface area contributed by atoms with Gasteiger partial charge in [0.25, 0.3) is 17.1 Å². The maximum absolute atomic E-state index is 12.1. The van der Waals surface area contributed by atoms with E-state index in [1.54, 1.807) is 54.7 Å². The average Bonchev–Trinajstić information content (AvgIpc) is 2.86. The lowest BCUT2D eigenvalue weighted by Gasteiger charge is -2.04. The number of nitrogens with one attached hydrogen (secondary N) is 2. The van der Waals surface area contributed by atoms with Crippen LogP contribution in [0.3, 0.4) is 0 Å². The van der Waals surface area contributed by atoms with Crippen LogP contribution in [0, 0.1) is 0 Å². The highest BCUT2D eigenvalue weighted by molar-refractivity contribution is 8.18. The molecule has 114 valence electrons. The summed E-state index contributed by atoms with van der Waals surface area (Å²) in [5.74, 6) is -0.204. The van der Waals surface area contributed by atoms with Crippen molar-refractivity contribution >= 4 is 40.7 Å². The number of carbonyl (C=O) groups excluding carboxylic acids is 3. The van der Waals surface area contributed by atoms with Gasteiger partial charge < -0.3 is 5.32 Å². The minimum atomic E-state index is -0.406. The number of hydrogen-bond acceptors (Lipinski definition) is 5. The standard InChI is InChI=1S/C16H11N3O3S/c20-14(18-13-3-1-2-8-17-13)11-6-4-10(5-7-11)9-12-15(21)19-16(22)23-12/h1-9H,(H,17,18,20)(H,19,21,22)/b12-9+. The summed E-state index contributed by atoms with van der Waals surface area (Å²) in [6.45, 7) is 0. The Labute approximate surface area is 136 Å². The van der Waals surface area contributed by atoms with Gasteiger partial charge in [0.15, 0.2) is 0 Å². The summed E-state index contributed by atoms with van der Waals surface area (Å²) >= 11 is 0.855. The Bertz CT molecular complexity index is 801. The zero-order valence-electron chi connectivity index (χ0n) is 11.8. The third-order valence-electron chi connectivity index (χ3n) is 3.02. The first-order valence-electron chi connectivity index (χ1n) is 6.69. The molecule has 7 heteroatoms. The SMILES string of the molecule is O=C1NC(=O)/C(=C\c2ccc(C(=O)Nc3ccccn3)cc2)S1. The number of imide groups is 1. The van der Waals surface area contributed by atoms with E-state index in [4.69, 9.17) is 0 Å². The zero-order chi connectivity index (χ0) is 16.2. The number of aromatic nitrogens is 1. The van der Waals surface area contributed by atoms with Crippen molar-refractivity contribution in [3.63, 3.8) is 0 Å². The van der Waals surface area contributed by atoms with Crippen LogP contribution in [0.5, 0.6) is 0 Å². The fourth-order valence-corrected chi connectivity index (χ4v) is 2.61. The molecule has 0 spiro atoms. The third-order valence-corrected chi connectivity index (χ3v) is 3.83. The van der Waals surface area contributed by atoms with Crippen LogP contribution in [0.25, 0.3) is 6.08 Å². The Morgan fingerprint density at radius 2 is 1.91 bits per heavy atom. The van der Waals surface area contributed by atoms with E-state index >= 15 is 0 Å². The van der Waals surface area contributed by atoms with Crippen LogP contribution < -0.4 is 10.6 Å². The normalized spacial score (nSPS) is 15.6. The maximum Gasteiger partial charge on any atom is 0.290 e. The van der Waals surface area contributed by atoms with Gasteiger partial charge in [-0.25, -0.2) is 4.98 Å². The summed E-state index contributed by atoms with van der Waals surface area (Å²) in [5, 5.41) is 4.49. The van der Waals surface area contributed by atoms with E-state index in [1.165, 1.54) is 0 Å². The molecule has 1 aromatic heterocycles. The van der Waals surface area contributed by atoms with Gasteiger partial charge in [-0.1, -0.05) is 18.2 Å². The molecule has 0 atom stereocenters. The molecular weight excluding hydrogens is 314 g/mol.